The van der Waals surface area contributed by atoms with Gasteiger partial charge in [-0.25, -0.2) is 0 Å². The highest BCUT2D eigenvalue weighted by Crippen LogP contribution is 2.25. The largest absolute Gasteiger partial charge is 0.391 e. The Morgan fingerprint density at radius 3 is 3.00 bits per heavy atom. The Morgan fingerprint density at radius 1 is 1.62 bits per heavy atom. The van der Waals surface area contributed by atoms with Crippen LogP contribution in [0.25, 0.3) is 0 Å². The minimum atomic E-state index is -0.415. The van der Waals surface area contributed by atoms with E-state index in [1.54, 1.807) is 0 Å². The standard InChI is InChI=1S/C9H15NO2S/c11-8-3-9(12)10(5-8)4-7-1-2-13-6-7/h7-8,11H,1-6H2. The number of aliphatic hydroxyl groups excluding tert-OH is 1. The summed E-state index contributed by atoms with van der Waals surface area (Å²) in [6.45, 7) is 1.42. The minimum absolute atomic E-state index is 0.129. The fourth-order valence-corrected chi connectivity index (χ4v) is 3.24. The first kappa shape index (κ1) is 9.34. The van der Waals surface area contributed by atoms with Crippen LogP contribution in [0.5, 0.6) is 0 Å². The van der Waals surface area contributed by atoms with E-state index in [1.807, 2.05) is 16.7 Å². The van der Waals surface area contributed by atoms with Crippen molar-refractivity contribution in [2.24, 2.45) is 5.92 Å². The molecule has 4 heteroatoms. The lowest BCUT2D eigenvalue weighted by Crippen LogP contribution is -2.31. The van der Waals surface area contributed by atoms with Crippen LogP contribution in [0.15, 0.2) is 0 Å². The number of carbonyl (C=O) groups excluding carboxylic acids is 1. The highest BCUT2D eigenvalue weighted by atomic mass is 32.2. The van der Waals surface area contributed by atoms with Crippen LogP contribution >= 0.6 is 11.8 Å². The maximum absolute atomic E-state index is 11.3. The van der Waals surface area contributed by atoms with E-state index in [0.717, 1.165) is 6.54 Å². The van der Waals surface area contributed by atoms with Crippen molar-refractivity contribution in [3.63, 3.8) is 0 Å². The van der Waals surface area contributed by atoms with Gasteiger partial charge in [0.05, 0.1) is 12.5 Å². The fourth-order valence-electron chi connectivity index (χ4n) is 1.97. The van der Waals surface area contributed by atoms with Gasteiger partial charge in [-0.05, 0) is 23.8 Å². The fraction of sp³-hybridized carbons (Fsp3) is 0.889. The molecule has 0 spiro atoms. The average Bonchev–Trinajstić information content (AvgIpc) is 2.63. The molecule has 1 N–H and O–H groups in total. The number of nitrogens with zero attached hydrogens (tertiary/aromatic N) is 1. The quantitative estimate of drug-likeness (QED) is 0.700. The Labute approximate surface area is 82.5 Å². The lowest BCUT2D eigenvalue weighted by molar-refractivity contribution is -0.128. The molecule has 74 valence electrons. The molecule has 2 aliphatic heterocycles. The molecule has 0 aromatic rings. The lowest BCUT2D eigenvalue weighted by atomic mass is 10.1. The van der Waals surface area contributed by atoms with Gasteiger partial charge in [-0.2, -0.15) is 11.8 Å². The first-order valence-electron chi connectivity index (χ1n) is 4.79. The van der Waals surface area contributed by atoms with Gasteiger partial charge in [-0.15, -0.1) is 0 Å². The van der Waals surface area contributed by atoms with Crippen molar-refractivity contribution in [3.05, 3.63) is 0 Å². The molecule has 0 radical (unpaired) electrons. The van der Waals surface area contributed by atoms with E-state index in [2.05, 4.69) is 0 Å². The zero-order valence-corrected chi connectivity index (χ0v) is 8.42. The number of hydrogen-bond acceptors (Lipinski definition) is 3. The molecular weight excluding hydrogens is 186 g/mol. The van der Waals surface area contributed by atoms with E-state index in [1.165, 1.54) is 17.9 Å². The van der Waals surface area contributed by atoms with Crippen LogP contribution in [0, 0.1) is 5.92 Å². The van der Waals surface area contributed by atoms with Gasteiger partial charge < -0.3 is 10.0 Å². The van der Waals surface area contributed by atoms with Crippen molar-refractivity contribution in [2.45, 2.75) is 18.9 Å². The van der Waals surface area contributed by atoms with Crippen LogP contribution in [0.2, 0.25) is 0 Å². The van der Waals surface area contributed by atoms with Crippen LogP contribution in [0.4, 0.5) is 0 Å². The van der Waals surface area contributed by atoms with Crippen LogP contribution < -0.4 is 0 Å². The summed E-state index contributed by atoms with van der Waals surface area (Å²) >= 11 is 1.97. The van der Waals surface area contributed by atoms with Crippen molar-refractivity contribution < 1.29 is 9.90 Å². The predicted octanol–water partition coefficient (Wildman–Crippen LogP) is 0.333. The number of thioether (sulfide) groups is 1. The first-order chi connectivity index (χ1) is 6.25. The summed E-state index contributed by atoms with van der Waals surface area (Å²) in [5, 5.41) is 9.28. The van der Waals surface area contributed by atoms with Crippen LogP contribution in [-0.4, -0.2) is 46.6 Å². The molecule has 0 aromatic carbocycles. The van der Waals surface area contributed by atoms with Crippen LogP contribution in [0.1, 0.15) is 12.8 Å². The molecule has 2 heterocycles. The molecule has 2 atom stereocenters. The highest BCUT2D eigenvalue weighted by Gasteiger charge is 2.30. The summed E-state index contributed by atoms with van der Waals surface area (Å²) in [6, 6.07) is 0. The van der Waals surface area contributed by atoms with Gasteiger partial charge in [0.15, 0.2) is 0 Å². The molecule has 0 bridgehead atoms. The van der Waals surface area contributed by atoms with Crippen molar-refractivity contribution >= 4 is 17.7 Å². The minimum Gasteiger partial charge on any atom is -0.391 e. The molecule has 2 unspecified atom stereocenters. The van der Waals surface area contributed by atoms with Crippen molar-refractivity contribution in [3.8, 4) is 0 Å². The monoisotopic (exact) mass is 201 g/mol. The summed E-state index contributed by atoms with van der Waals surface area (Å²) in [7, 11) is 0. The first-order valence-corrected chi connectivity index (χ1v) is 5.95. The second-order valence-electron chi connectivity index (χ2n) is 3.89. The third-order valence-corrected chi connectivity index (χ3v) is 3.93. The average molecular weight is 201 g/mol. The predicted molar refractivity (Wildman–Crippen MR) is 52.6 cm³/mol. The number of β-amino-alcohol motifs (C(OH)–C–C–N with tert-alkyl or cyclic N) is 1. The van der Waals surface area contributed by atoms with E-state index in [0.29, 0.717) is 18.9 Å². The summed E-state index contributed by atoms with van der Waals surface area (Å²) in [5.74, 6) is 3.21. The maximum Gasteiger partial charge on any atom is 0.225 e. The molecule has 0 saturated carbocycles. The zero-order valence-electron chi connectivity index (χ0n) is 7.61. The molecule has 2 saturated heterocycles. The zero-order chi connectivity index (χ0) is 9.26. The third-order valence-electron chi connectivity index (χ3n) is 2.70. The molecule has 2 rings (SSSR count). The van der Waals surface area contributed by atoms with Gasteiger partial charge in [-0.1, -0.05) is 0 Å². The second-order valence-corrected chi connectivity index (χ2v) is 5.04. The molecule has 2 fully saturated rings. The van der Waals surface area contributed by atoms with E-state index in [9.17, 15) is 9.90 Å². The molecule has 2 aliphatic rings. The Morgan fingerprint density at radius 2 is 2.46 bits per heavy atom. The third kappa shape index (κ3) is 2.17. The maximum atomic E-state index is 11.3. The van der Waals surface area contributed by atoms with Gasteiger partial charge in [0.2, 0.25) is 5.91 Å². The normalized spacial score (nSPS) is 34.5. The van der Waals surface area contributed by atoms with Gasteiger partial charge in [0.25, 0.3) is 0 Å². The van der Waals surface area contributed by atoms with Gasteiger partial charge >= 0.3 is 0 Å². The smallest absolute Gasteiger partial charge is 0.225 e. The molecule has 0 aliphatic carbocycles. The number of amides is 1. The Bertz CT molecular complexity index is 204. The molecule has 1 amide bonds. The number of rotatable bonds is 2. The Kier molecular flexibility index (Phi) is 2.79. The Balaban J connectivity index is 1.83. The SMILES string of the molecule is O=C1CC(O)CN1CC1CCSC1. The molecule has 0 aromatic heterocycles. The van der Waals surface area contributed by atoms with E-state index in [-0.39, 0.29) is 5.91 Å². The highest BCUT2D eigenvalue weighted by molar-refractivity contribution is 7.99. The van der Waals surface area contributed by atoms with Crippen LogP contribution in [0.3, 0.4) is 0 Å². The number of hydrogen-bond donors (Lipinski definition) is 1. The van der Waals surface area contributed by atoms with Crippen molar-refractivity contribution in [1.82, 2.24) is 4.90 Å². The second kappa shape index (κ2) is 3.88. The Hall–Kier alpha value is -0.220. The topological polar surface area (TPSA) is 40.5 Å². The number of carbonyl (C=O) groups is 1. The van der Waals surface area contributed by atoms with Crippen molar-refractivity contribution in [2.75, 3.05) is 24.6 Å². The summed E-state index contributed by atoms with van der Waals surface area (Å²) < 4.78 is 0. The lowest BCUT2D eigenvalue weighted by Gasteiger charge is -2.19. The summed E-state index contributed by atoms with van der Waals surface area (Å²) in [5.41, 5.74) is 0. The van der Waals surface area contributed by atoms with Gasteiger partial charge in [0.1, 0.15) is 0 Å². The van der Waals surface area contributed by atoms with Gasteiger partial charge in [-0.3, -0.25) is 4.79 Å². The van der Waals surface area contributed by atoms with E-state index in [4.69, 9.17) is 0 Å². The van der Waals surface area contributed by atoms with E-state index < -0.39 is 6.10 Å². The van der Waals surface area contributed by atoms with Gasteiger partial charge in [0, 0.05) is 13.1 Å². The molecule has 13 heavy (non-hydrogen) atoms. The molecular formula is C9H15NO2S. The number of likely N-dealkylation sites (tertiary alicyclic amines) is 1. The van der Waals surface area contributed by atoms with Crippen LogP contribution in [-0.2, 0) is 4.79 Å². The van der Waals surface area contributed by atoms with Crippen molar-refractivity contribution in [1.29, 1.82) is 0 Å². The summed E-state index contributed by atoms with van der Waals surface area (Å²) in [4.78, 5) is 13.2. The number of aliphatic hydroxyl groups is 1. The van der Waals surface area contributed by atoms with E-state index >= 15 is 0 Å². The summed E-state index contributed by atoms with van der Waals surface area (Å²) in [6.07, 6.45) is 1.14. The molecule has 3 nitrogen and oxygen atoms in total.